The Morgan fingerprint density at radius 1 is 0.270 bits per heavy atom. The van der Waals surface area contributed by atoms with Gasteiger partial charge >= 0.3 is 0 Å². The van der Waals surface area contributed by atoms with Gasteiger partial charge in [-0.05, 0) is 131 Å². The zero-order chi connectivity index (χ0) is 41.2. The summed E-state index contributed by atoms with van der Waals surface area (Å²) in [5.74, 6) is 0. The van der Waals surface area contributed by atoms with E-state index in [-0.39, 0.29) is 0 Å². The molecule has 0 aliphatic heterocycles. The molecule has 2 aliphatic carbocycles. The third-order valence-corrected chi connectivity index (χ3v) is 14.2. The highest BCUT2D eigenvalue weighted by molar-refractivity contribution is 6.26. The van der Waals surface area contributed by atoms with Crippen LogP contribution in [0.5, 0.6) is 0 Å². The van der Waals surface area contributed by atoms with Crippen LogP contribution in [0, 0.1) is 0 Å². The van der Waals surface area contributed by atoms with Gasteiger partial charge in [-0.1, -0.05) is 176 Å². The molecule has 0 radical (unpaired) electrons. The molecule has 2 nitrogen and oxygen atoms in total. The maximum Gasteiger partial charge on any atom is 0.0725 e. The molecule has 2 heteroatoms. The van der Waals surface area contributed by atoms with Crippen molar-refractivity contribution >= 4 is 71.2 Å². The third kappa shape index (κ3) is 4.62. The Morgan fingerprint density at radius 2 is 0.683 bits per heavy atom. The Labute approximate surface area is 365 Å². The van der Waals surface area contributed by atoms with Gasteiger partial charge < -0.3 is 9.47 Å². The fourth-order valence-corrected chi connectivity index (χ4v) is 11.7. The molecule has 11 aromatic carbocycles. The van der Waals surface area contributed by atoms with Crippen LogP contribution in [0.1, 0.15) is 22.3 Å². The Hall–Kier alpha value is -8.20. The highest BCUT2D eigenvalue weighted by Gasteiger charge is 2.51. The van der Waals surface area contributed by atoms with Crippen molar-refractivity contribution in [3.8, 4) is 27.9 Å². The summed E-state index contributed by atoms with van der Waals surface area (Å²) in [4.78, 5) is 2.48. The van der Waals surface area contributed by atoms with Gasteiger partial charge in [-0.15, -0.1) is 0 Å². The van der Waals surface area contributed by atoms with Gasteiger partial charge in [-0.25, -0.2) is 0 Å². The summed E-state index contributed by atoms with van der Waals surface area (Å²) >= 11 is 0. The Morgan fingerprint density at radius 3 is 1.27 bits per heavy atom. The molecule has 292 valence electrons. The fourth-order valence-electron chi connectivity index (χ4n) is 11.7. The second-order valence-electron chi connectivity index (χ2n) is 17.2. The second kappa shape index (κ2) is 12.9. The molecular weight excluding hydrogens is 761 g/mol. The minimum atomic E-state index is -0.401. The van der Waals surface area contributed by atoms with Crippen molar-refractivity contribution < 1.29 is 0 Å². The highest BCUT2D eigenvalue weighted by atomic mass is 15.1. The number of hydrogen-bond acceptors (Lipinski definition) is 1. The zero-order valence-corrected chi connectivity index (χ0v) is 34.3. The van der Waals surface area contributed by atoms with Crippen molar-refractivity contribution in [2.45, 2.75) is 5.41 Å². The number of hydrogen-bond donors (Lipinski definition) is 0. The molecule has 0 atom stereocenters. The van der Waals surface area contributed by atoms with Crippen molar-refractivity contribution in [1.82, 2.24) is 4.57 Å². The van der Waals surface area contributed by atoms with Gasteiger partial charge in [0.25, 0.3) is 0 Å². The van der Waals surface area contributed by atoms with E-state index in [1.54, 1.807) is 0 Å². The van der Waals surface area contributed by atoms with E-state index >= 15 is 0 Å². The molecule has 0 saturated heterocycles. The van der Waals surface area contributed by atoms with Crippen LogP contribution in [-0.2, 0) is 5.41 Å². The molecule has 0 unspecified atom stereocenters. The number of nitrogens with zero attached hydrogens (tertiary/aromatic N) is 2. The van der Waals surface area contributed by atoms with Gasteiger partial charge in [0.15, 0.2) is 0 Å². The van der Waals surface area contributed by atoms with E-state index in [2.05, 4.69) is 240 Å². The first-order chi connectivity index (χ1) is 31.3. The van der Waals surface area contributed by atoms with Gasteiger partial charge in [0.1, 0.15) is 0 Å². The molecule has 1 heterocycles. The third-order valence-electron chi connectivity index (χ3n) is 14.2. The number of aromatic nitrogens is 1. The van der Waals surface area contributed by atoms with Crippen LogP contribution < -0.4 is 4.90 Å². The van der Waals surface area contributed by atoms with E-state index in [9.17, 15) is 0 Å². The van der Waals surface area contributed by atoms with Gasteiger partial charge in [-0.2, -0.15) is 0 Å². The van der Waals surface area contributed by atoms with Crippen LogP contribution in [-0.4, -0.2) is 4.57 Å². The predicted octanol–water partition coefficient (Wildman–Crippen LogP) is 16.1. The molecular formula is C61H38N2. The minimum Gasteiger partial charge on any atom is -0.310 e. The standard InChI is InChI=1S/C61H38N2/c1-2-20-45-43(18-1)44-19-3-4-21-46(44)53-37-41(32-34-47(45)53)62(39-16-15-17-40(36-39)63-59-30-13-8-25-51(59)52-26-9-14-31-60(52)63)42-33-35-58-54(38-42)50-24-7-12-29-57(50)61(58)55-27-10-5-22-48(55)49-23-6-11-28-56(49)61/h1-38H. The lowest BCUT2D eigenvalue weighted by Crippen LogP contribution is -2.25. The van der Waals surface area contributed by atoms with Crippen molar-refractivity contribution in [1.29, 1.82) is 0 Å². The van der Waals surface area contributed by atoms with Gasteiger partial charge in [-0.3, -0.25) is 0 Å². The van der Waals surface area contributed by atoms with E-state index < -0.39 is 5.41 Å². The molecule has 0 fully saturated rings. The minimum absolute atomic E-state index is 0.401. The van der Waals surface area contributed by atoms with Crippen molar-refractivity contribution in [3.63, 3.8) is 0 Å². The summed E-state index contributed by atoms with van der Waals surface area (Å²) in [6.45, 7) is 0. The first-order valence-corrected chi connectivity index (χ1v) is 21.9. The Kier molecular flexibility index (Phi) is 7.07. The van der Waals surface area contributed by atoms with Gasteiger partial charge in [0, 0.05) is 33.5 Å². The lowest BCUT2D eigenvalue weighted by Gasteiger charge is -2.31. The number of fused-ring (bicyclic) bond motifs is 19. The highest BCUT2D eigenvalue weighted by Crippen LogP contribution is 2.63. The van der Waals surface area contributed by atoms with Gasteiger partial charge in [0.05, 0.1) is 16.4 Å². The van der Waals surface area contributed by atoms with E-state index in [1.165, 1.54) is 98.6 Å². The maximum absolute atomic E-state index is 2.48. The van der Waals surface area contributed by atoms with Crippen LogP contribution in [0.2, 0.25) is 0 Å². The average Bonchev–Trinajstić information content (AvgIpc) is 3.96. The molecule has 0 saturated carbocycles. The smallest absolute Gasteiger partial charge is 0.0725 e. The van der Waals surface area contributed by atoms with Crippen LogP contribution in [0.4, 0.5) is 17.1 Å². The SMILES string of the molecule is c1cc(N(c2ccc3c(c2)-c2ccccc2C32c3ccccc3-c3ccccc32)c2ccc3c4ccccc4c4ccccc4c3c2)cc(-n2c3ccccc3c3ccccc32)c1. The molecule has 2 aliphatic rings. The molecule has 12 aromatic rings. The van der Waals surface area contributed by atoms with Crippen molar-refractivity contribution in [2.24, 2.45) is 0 Å². The average molecular weight is 799 g/mol. The summed E-state index contributed by atoms with van der Waals surface area (Å²) in [7, 11) is 0. The van der Waals surface area contributed by atoms with Crippen molar-refractivity contribution in [2.75, 3.05) is 4.90 Å². The van der Waals surface area contributed by atoms with E-state index in [0.29, 0.717) is 0 Å². The summed E-state index contributed by atoms with van der Waals surface area (Å²) < 4.78 is 2.42. The first-order valence-electron chi connectivity index (χ1n) is 21.9. The summed E-state index contributed by atoms with van der Waals surface area (Å²) in [6, 6.07) is 85.9. The normalized spacial score (nSPS) is 13.2. The van der Waals surface area contributed by atoms with E-state index in [1.807, 2.05) is 0 Å². The molecule has 1 spiro atoms. The number of rotatable bonds is 4. The molecule has 14 rings (SSSR count). The van der Waals surface area contributed by atoms with E-state index in [0.717, 1.165) is 22.7 Å². The summed E-state index contributed by atoms with van der Waals surface area (Å²) in [5, 5.41) is 10.1. The van der Waals surface area contributed by atoms with Crippen LogP contribution in [0.3, 0.4) is 0 Å². The van der Waals surface area contributed by atoms with Gasteiger partial charge in [0.2, 0.25) is 0 Å². The lowest BCUT2D eigenvalue weighted by atomic mass is 9.70. The molecule has 1 aromatic heterocycles. The largest absolute Gasteiger partial charge is 0.310 e. The van der Waals surface area contributed by atoms with E-state index in [4.69, 9.17) is 0 Å². The quantitative estimate of drug-likeness (QED) is 0.161. The lowest BCUT2D eigenvalue weighted by molar-refractivity contribution is 0.794. The molecule has 0 amide bonds. The van der Waals surface area contributed by atoms with Crippen molar-refractivity contribution in [3.05, 3.63) is 253 Å². The van der Waals surface area contributed by atoms with Crippen LogP contribution >= 0.6 is 0 Å². The topological polar surface area (TPSA) is 8.17 Å². The summed E-state index contributed by atoms with van der Waals surface area (Å²) in [6.07, 6.45) is 0. The fraction of sp³-hybridized carbons (Fsp3) is 0.0164. The number of anilines is 3. The number of benzene rings is 11. The van der Waals surface area contributed by atoms with Crippen LogP contribution in [0.25, 0.3) is 82.1 Å². The first kappa shape index (κ1) is 34.5. The molecule has 0 bridgehead atoms. The summed E-state index contributed by atoms with van der Waals surface area (Å²) in [5.41, 5.74) is 17.0. The molecule has 0 N–H and O–H groups in total. The zero-order valence-electron chi connectivity index (χ0n) is 34.3. The maximum atomic E-state index is 2.48. The second-order valence-corrected chi connectivity index (χ2v) is 17.2. The van der Waals surface area contributed by atoms with Crippen LogP contribution in [0.15, 0.2) is 231 Å². The monoisotopic (exact) mass is 798 g/mol. The Balaban J connectivity index is 1.04. The Bertz CT molecular complexity index is 3750. The number of para-hydroxylation sites is 2. The predicted molar refractivity (Wildman–Crippen MR) is 264 cm³/mol. The molecule has 63 heavy (non-hydrogen) atoms.